The average Bonchev–Trinajstić information content (AvgIpc) is 3.70. The summed E-state index contributed by atoms with van der Waals surface area (Å²) < 4.78 is 52.9. The zero-order valence-electron chi connectivity index (χ0n) is 34.9. The smallest absolute Gasteiger partial charge is 0.264 e. The van der Waals surface area contributed by atoms with Crippen molar-refractivity contribution in [2.24, 2.45) is 0 Å². The number of nitrogens with one attached hydrogen (secondary N) is 3. The lowest BCUT2D eigenvalue weighted by Crippen LogP contribution is -2.52. The van der Waals surface area contributed by atoms with Gasteiger partial charge in [0.05, 0.1) is 81.8 Å². The molecule has 62 heavy (non-hydrogen) atoms. The molecule has 3 aromatic rings. The number of benzene rings is 3. The second-order valence-electron chi connectivity index (χ2n) is 14.8. The maximum absolute atomic E-state index is 13.9. The van der Waals surface area contributed by atoms with Crippen molar-refractivity contribution in [2.75, 3.05) is 82.5 Å². The number of ether oxygens (including phenoxy) is 5. The second kappa shape index (κ2) is 20.8. The lowest BCUT2D eigenvalue weighted by molar-refractivity contribution is -0.137. The molecule has 0 bridgehead atoms. The number of fused-ring (bicyclic) bond motifs is 2. The van der Waals surface area contributed by atoms with Crippen molar-refractivity contribution < 1.29 is 60.9 Å². The van der Waals surface area contributed by atoms with Gasteiger partial charge in [-0.1, -0.05) is 18.2 Å². The third-order valence-electron chi connectivity index (χ3n) is 10.4. The van der Waals surface area contributed by atoms with Gasteiger partial charge in [0.15, 0.2) is 11.5 Å². The summed E-state index contributed by atoms with van der Waals surface area (Å²) >= 11 is 0. The van der Waals surface area contributed by atoms with Gasteiger partial charge in [-0.25, -0.2) is 8.42 Å². The summed E-state index contributed by atoms with van der Waals surface area (Å²) in [4.78, 5) is 79.9. The van der Waals surface area contributed by atoms with Crippen LogP contribution in [0.5, 0.6) is 11.5 Å². The van der Waals surface area contributed by atoms with Gasteiger partial charge in [-0.2, -0.15) is 0 Å². The fourth-order valence-corrected chi connectivity index (χ4v) is 8.45. The quantitative estimate of drug-likeness (QED) is 0.0920. The van der Waals surface area contributed by atoms with Crippen LogP contribution in [0.25, 0.3) is 0 Å². The van der Waals surface area contributed by atoms with E-state index < -0.39 is 51.3 Å². The summed E-state index contributed by atoms with van der Waals surface area (Å²) in [5.74, 6) is -2.69. The second-order valence-corrected chi connectivity index (χ2v) is 17.0. The molecule has 6 rings (SSSR count). The van der Waals surface area contributed by atoms with Crippen molar-refractivity contribution in [3.8, 4) is 11.5 Å². The number of rotatable bonds is 23. The monoisotopic (exact) mass is 877 g/mol. The molecule has 0 spiro atoms. The predicted molar refractivity (Wildman–Crippen MR) is 225 cm³/mol. The van der Waals surface area contributed by atoms with Crippen molar-refractivity contribution in [1.29, 1.82) is 0 Å². The molecule has 3 aromatic carbocycles. The molecule has 1 unspecified atom stereocenters. The highest BCUT2D eigenvalue weighted by Gasteiger charge is 2.44. The number of methoxy groups -OCH3 is 1. The third kappa shape index (κ3) is 10.9. The minimum atomic E-state index is -3.70. The Morgan fingerprint density at radius 1 is 0.855 bits per heavy atom. The maximum Gasteiger partial charge on any atom is 0.264 e. The Balaban J connectivity index is 0.878. The first-order valence-corrected chi connectivity index (χ1v) is 22.4. The summed E-state index contributed by atoms with van der Waals surface area (Å²) in [5, 5.41) is 8.37. The summed E-state index contributed by atoms with van der Waals surface area (Å²) in [7, 11) is -2.24. The van der Waals surface area contributed by atoms with Crippen LogP contribution in [0.15, 0.2) is 54.6 Å². The predicted octanol–water partition coefficient (Wildman–Crippen LogP) is 3.12. The van der Waals surface area contributed by atoms with Gasteiger partial charge in [0.25, 0.3) is 17.7 Å². The molecular formula is C43H51N5O13S. The van der Waals surface area contributed by atoms with E-state index in [2.05, 4.69) is 16.0 Å². The van der Waals surface area contributed by atoms with Crippen molar-refractivity contribution in [1.82, 2.24) is 15.1 Å². The molecule has 3 aliphatic rings. The lowest BCUT2D eigenvalue weighted by Gasteiger charge is -2.29. The first kappa shape index (κ1) is 45.6. The van der Waals surface area contributed by atoms with Crippen LogP contribution in [0.1, 0.15) is 80.8 Å². The van der Waals surface area contributed by atoms with E-state index in [4.69, 9.17) is 23.7 Å². The van der Waals surface area contributed by atoms with Crippen molar-refractivity contribution in [2.45, 2.75) is 51.2 Å². The van der Waals surface area contributed by atoms with Crippen LogP contribution < -0.4 is 25.4 Å². The molecule has 18 nitrogen and oxygen atoms in total. The van der Waals surface area contributed by atoms with E-state index in [1.165, 1.54) is 30.2 Å². The summed E-state index contributed by atoms with van der Waals surface area (Å²) in [6, 6.07) is 12.8. The number of hydrogen-bond acceptors (Lipinski definition) is 14. The number of carbonyl (C=O) groups excluding carboxylic acids is 6. The molecule has 0 radical (unpaired) electrons. The Labute approximate surface area is 359 Å². The molecule has 3 aliphatic heterocycles. The molecule has 3 heterocycles. The summed E-state index contributed by atoms with van der Waals surface area (Å²) in [6.45, 7) is 4.69. The van der Waals surface area contributed by atoms with Gasteiger partial charge in [-0.05, 0) is 61.7 Å². The van der Waals surface area contributed by atoms with Gasteiger partial charge in [-0.3, -0.25) is 39.0 Å². The molecule has 0 aliphatic carbocycles. The fourth-order valence-electron chi connectivity index (χ4n) is 7.53. The van der Waals surface area contributed by atoms with Crippen LogP contribution in [0.3, 0.4) is 0 Å². The number of carbonyl (C=O) groups is 6. The van der Waals surface area contributed by atoms with E-state index in [9.17, 15) is 37.2 Å². The zero-order valence-corrected chi connectivity index (χ0v) is 35.7. The Kier molecular flexibility index (Phi) is 15.3. The van der Waals surface area contributed by atoms with Gasteiger partial charge < -0.3 is 39.2 Å². The Morgan fingerprint density at radius 3 is 2.24 bits per heavy atom. The highest BCUT2D eigenvalue weighted by atomic mass is 32.2. The SMILES string of the molecule is CCOc1cc([C@@H](CS(C)(=O)=O)N2C(=O)c3cccc(NC(=O)CCOCCOCCOCCCNc4cccc5c4CN(C4CCC(=O)NC4=O)C5=O)c3C2=O)ccc1OC. The molecule has 1 fully saturated rings. The first-order valence-electron chi connectivity index (χ1n) is 20.3. The van der Waals surface area contributed by atoms with E-state index >= 15 is 0 Å². The van der Waals surface area contributed by atoms with Crippen molar-refractivity contribution >= 4 is 56.7 Å². The first-order chi connectivity index (χ1) is 29.8. The van der Waals surface area contributed by atoms with E-state index in [1.54, 1.807) is 37.3 Å². The standard InChI is InChI=1S/C43H51N5O13S/c1-4-61-36-24-27(12-14-35(36)57-2)34(26-62(3,55)56)48-42(53)29-9-6-11-32(39(29)43(48)54)45-38(50)16-19-59-21-23-60-22-20-58-18-7-17-44-31-10-5-8-28-30(31)25-47(41(28)52)33-13-15-37(49)46-40(33)51/h5-6,8-12,14,24,33-34,44H,4,7,13,15-23,25-26H2,1-3H3,(H,45,50)(H,46,49,51)/t33?,34-/m1/s1. The Morgan fingerprint density at radius 2 is 1.55 bits per heavy atom. The highest BCUT2D eigenvalue weighted by molar-refractivity contribution is 7.90. The van der Waals surface area contributed by atoms with Gasteiger partial charge in [-0.15, -0.1) is 0 Å². The molecule has 6 amide bonds. The zero-order chi connectivity index (χ0) is 44.4. The van der Waals surface area contributed by atoms with Gasteiger partial charge in [0.1, 0.15) is 15.9 Å². The largest absolute Gasteiger partial charge is 0.493 e. The molecule has 3 N–H and O–H groups in total. The molecule has 19 heteroatoms. The summed E-state index contributed by atoms with van der Waals surface area (Å²) in [5.41, 5.74) is 2.66. The summed E-state index contributed by atoms with van der Waals surface area (Å²) in [6.07, 6.45) is 2.17. The number of nitrogens with zero attached hydrogens (tertiary/aromatic N) is 2. The van der Waals surface area contributed by atoms with Crippen LogP contribution in [0.4, 0.5) is 11.4 Å². The van der Waals surface area contributed by atoms with Crippen LogP contribution in [-0.2, 0) is 45.0 Å². The Hall–Kier alpha value is -5.89. The number of piperidine rings is 1. The fraction of sp³-hybridized carbons (Fsp3) is 0.442. The van der Waals surface area contributed by atoms with E-state index in [0.29, 0.717) is 68.4 Å². The van der Waals surface area contributed by atoms with Crippen LogP contribution in [0.2, 0.25) is 0 Å². The molecule has 2 atom stereocenters. The molecular weight excluding hydrogens is 827 g/mol. The number of imide groups is 2. The minimum absolute atomic E-state index is 0.0344. The molecule has 1 saturated heterocycles. The lowest BCUT2D eigenvalue weighted by atomic mass is 10.0. The normalized spacial score (nSPS) is 16.6. The van der Waals surface area contributed by atoms with Gasteiger partial charge >= 0.3 is 0 Å². The van der Waals surface area contributed by atoms with Gasteiger partial charge in [0, 0.05) is 49.2 Å². The number of sulfone groups is 1. The van der Waals surface area contributed by atoms with Crippen LogP contribution in [-0.4, -0.2) is 132 Å². The number of anilines is 2. The minimum Gasteiger partial charge on any atom is -0.493 e. The molecule has 0 aromatic heterocycles. The number of hydrogen-bond donors (Lipinski definition) is 3. The Bertz CT molecular complexity index is 2300. The van der Waals surface area contributed by atoms with Crippen LogP contribution >= 0.6 is 0 Å². The van der Waals surface area contributed by atoms with Crippen molar-refractivity contribution in [3.05, 3.63) is 82.4 Å². The van der Waals surface area contributed by atoms with E-state index in [0.717, 1.165) is 22.4 Å². The van der Waals surface area contributed by atoms with Crippen LogP contribution in [0, 0.1) is 0 Å². The van der Waals surface area contributed by atoms with Gasteiger partial charge in [0.2, 0.25) is 17.7 Å². The van der Waals surface area contributed by atoms with E-state index in [1.807, 2.05) is 6.07 Å². The topological polar surface area (TPSA) is 225 Å². The molecule has 332 valence electrons. The van der Waals surface area contributed by atoms with Crippen molar-refractivity contribution in [3.63, 3.8) is 0 Å². The highest BCUT2D eigenvalue weighted by Crippen LogP contribution is 2.39. The molecule has 0 saturated carbocycles. The third-order valence-corrected chi connectivity index (χ3v) is 11.4. The average molecular weight is 878 g/mol. The van der Waals surface area contributed by atoms with E-state index in [-0.39, 0.29) is 67.8 Å². The number of amides is 6. The maximum atomic E-state index is 13.9.